The molecule has 0 spiro atoms. The second kappa shape index (κ2) is 4.56. The number of aromatic nitrogens is 9. The van der Waals surface area contributed by atoms with Crippen molar-refractivity contribution in [3.8, 4) is 11.9 Å². The topological polar surface area (TPSA) is 100 Å². The Labute approximate surface area is 122 Å². The number of fused-ring (bicyclic) bond motifs is 1. The molecule has 4 rings (SSSR count). The Morgan fingerprint density at radius 3 is 2.71 bits per heavy atom. The monoisotopic (exact) mass is 299 g/mol. The molecule has 4 aromatic rings. The zero-order valence-corrected chi connectivity index (χ0v) is 11.1. The van der Waals surface area contributed by atoms with E-state index >= 15 is 0 Å². The first kappa shape index (κ1) is 11.9. The lowest BCUT2D eigenvalue weighted by molar-refractivity contribution is 0.731. The molecule has 102 valence electrons. The summed E-state index contributed by atoms with van der Waals surface area (Å²) in [6.45, 7) is 0. The van der Waals surface area contributed by atoms with Crippen LogP contribution >= 0.6 is 11.6 Å². The summed E-state index contributed by atoms with van der Waals surface area (Å²) in [5.74, 6) is 0.510. The molecule has 0 aliphatic rings. The van der Waals surface area contributed by atoms with Gasteiger partial charge in [-0.2, -0.15) is 29.4 Å². The van der Waals surface area contributed by atoms with Gasteiger partial charge in [-0.05, 0) is 23.7 Å². The van der Waals surface area contributed by atoms with Crippen LogP contribution in [0.5, 0.6) is 0 Å². The van der Waals surface area contributed by atoms with Crippen molar-refractivity contribution in [3.63, 3.8) is 0 Å². The fourth-order valence-corrected chi connectivity index (χ4v) is 2.01. The molecule has 0 unspecified atom stereocenters. The zero-order valence-electron chi connectivity index (χ0n) is 10.4. The summed E-state index contributed by atoms with van der Waals surface area (Å²) >= 11 is 5.95. The lowest BCUT2D eigenvalue weighted by atomic mass is 10.3. The number of benzene rings is 1. The summed E-state index contributed by atoms with van der Waals surface area (Å²) < 4.78 is 2.87. The van der Waals surface area contributed by atoms with E-state index in [0.717, 1.165) is 11.0 Å². The fourth-order valence-electron chi connectivity index (χ4n) is 1.85. The predicted molar refractivity (Wildman–Crippen MR) is 72.2 cm³/mol. The fraction of sp³-hybridized carbons (Fsp3) is 0. The Morgan fingerprint density at radius 2 is 1.86 bits per heavy atom. The van der Waals surface area contributed by atoms with Crippen LogP contribution in [-0.4, -0.2) is 44.7 Å². The van der Waals surface area contributed by atoms with Gasteiger partial charge in [-0.15, -0.1) is 5.10 Å². The molecule has 0 aliphatic heterocycles. The van der Waals surface area contributed by atoms with Crippen LogP contribution in [0.25, 0.3) is 22.9 Å². The Bertz CT molecular complexity index is 915. The second-order valence-electron chi connectivity index (χ2n) is 4.03. The third-order valence-electron chi connectivity index (χ3n) is 2.75. The smallest absolute Gasteiger partial charge is 0.223 e. The summed E-state index contributed by atoms with van der Waals surface area (Å²) in [5.41, 5.74) is 1.50. The van der Waals surface area contributed by atoms with Crippen LogP contribution in [0.1, 0.15) is 0 Å². The standard InChI is InChI=1S/C11H6ClN9/c12-9-15-10(20-6-13-5-14-20)17-11(16-9)21-8-4-2-1-3-7(8)18-19-21/h1-6H. The third-order valence-corrected chi connectivity index (χ3v) is 2.92. The van der Waals surface area contributed by atoms with Crippen molar-refractivity contribution in [1.82, 2.24) is 44.7 Å². The van der Waals surface area contributed by atoms with E-state index in [4.69, 9.17) is 11.6 Å². The van der Waals surface area contributed by atoms with Crippen LogP contribution in [0.4, 0.5) is 0 Å². The molecule has 0 atom stereocenters. The maximum atomic E-state index is 5.95. The Balaban J connectivity index is 1.93. The van der Waals surface area contributed by atoms with Gasteiger partial charge in [-0.3, -0.25) is 0 Å². The van der Waals surface area contributed by atoms with Crippen molar-refractivity contribution in [2.75, 3.05) is 0 Å². The maximum absolute atomic E-state index is 5.95. The first-order chi connectivity index (χ1) is 10.3. The van der Waals surface area contributed by atoms with Crippen LogP contribution in [0.15, 0.2) is 36.9 Å². The van der Waals surface area contributed by atoms with Crippen molar-refractivity contribution < 1.29 is 0 Å². The molecule has 0 bridgehead atoms. The molecule has 0 saturated heterocycles. The van der Waals surface area contributed by atoms with Crippen molar-refractivity contribution in [1.29, 1.82) is 0 Å². The first-order valence-corrected chi connectivity index (χ1v) is 6.26. The van der Waals surface area contributed by atoms with E-state index in [1.807, 2.05) is 24.3 Å². The third kappa shape index (κ3) is 1.99. The molecule has 3 heterocycles. The molecule has 0 N–H and O–H groups in total. The summed E-state index contributed by atoms with van der Waals surface area (Å²) in [7, 11) is 0. The van der Waals surface area contributed by atoms with Gasteiger partial charge in [0.25, 0.3) is 11.9 Å². The number of hydrogen-bond acceptors (Lipinski definition) is 7. The van der Waals surface area contributed by atoms with Crippen LogP contribution in [0.3, 0.4) is 0 Å². The average molecular weight is 300 g/mol. The minimum Gasteiger partial charge on any atom is -0.223 e. The van der Waals surface area contributed by atoms with Crippen LogP contribution in [0, 0.1) is 0 Å². The first-order valence-electron chi connectivity index (χ1n) is 5.89. The molecule has 0 saturated carbocycles. The molecule has 10 heteroatoms. The van der Waals surface area contributed by atoms with E-state index in [-0.39, 0.29) is 17.2 Å². The molecule has 0 fully saturated rings. The van der Waals surface area contributed by atoms with Gasteiger partial charge in [0, 0.05) is 0 Å². The summed E-state index contributed by atoms with van der Waals surface area (Å²) in [5, 5.41) is 12.1. The van der Waals surface area contributed by atoms with Gasteiger partial charge in [0.05, 0.1) is 5.52 Å². The van der Waals surface area contributed by atoms with Crippen LogP contribution in [-0.2, 0) is 0 Å². The van der Waals surface area contributed by atoms with Gasteiger partial charge >= 0.3 is 0 Å². The Hall–Kier alpha value is -2.94. The van der Waals surface area contributed by atoms with Gasteiger partial charge < -0.3 is 0 Å². The highest BCUT2D eigenvalue weighted by Crippen LogP contribution is 2.15. The number of nitrogens with zero attached hydrogens (tertiary/aromatic N) is 9. The Morgan fingerprint density at radius 1 is 1.00 bits per heavy atom. The SMILES string of the molecule is Clc1nc(-n2cncn2)nc(-n2nnc3ccccc32)n1. The molecule has 3 aromatic heterocycles. The molecular weight excluding hydrogens is 294 g/mol. The molecule has 1 aromatic carbocycles. The lowest BCUT2D eigenvalue weighted by Crippen LogP contribution is -2.10. The predicted octanol–water partition coefficient (Wildman–Crippen LogP) is 0.840. The summed E-state index contributed by atoms with van der Waals surface area (Å²) in [6.07, 6.45) is 2.84. The molecule has 9 nitrogen and oxygen atoms in total. The van der Waals surface area contributed by atoms with E-state index in [0.29, 0.717) is 0 Å². The minimum atomic E-state index is 0.0325. The number of rotatable bonds is 2. The van der Waals surface area contributed by atoms with E-state index in [1.54, 1.807) is 0 Å². The zero-order chi connectivity index (χ0) is 14.2. The van der Waals surface area contributed by atoms with E-state index in [9.17, 15) is 0 Å². The Kier molecular flexibility index (Phi) is 2.57. The summed E-state index contributed by atoms with van der Waals surface area (Å²) in [4.78, 5) is 16.2. The van der Waals surface area contributed by atoms with E-state index in [2.05, 4.69) is 35.3 Å². The van der Waals surface area contributed by atoms with Crippen LogP contribution in [0.2, 0.25) is 5.28 Å². The van der Waals surface area contributed by atoms with E-state index in [1.165, 1.54) is 22.0 Å². The van der Waals surface area contributed by atoms with Crippen molar-refractivity contribution in [2.45, 2.75) is 0 Å². The van der Waals surface area contributed by atoms with Gasteiger partial charge in [0.2, 0.25) is 5.28 Å². The molecule has 21 heavy (non-hydrogen) atoms. The van der Waals surface area contributed by atoms with E-state index < -0.39 is 0 Å². The average Bonchev–Trinajstić information content (AvgIpc) is 3.16. The van der Waals surface area contributed by atoms with Gasteiger partial charge in [0.1, 0.15) is 18.2 Å². The quantitative estimate of drug-likeness (QED) is 0.540. The number of halogens is 1. The maximum Gasteiger partial charge on any atom is 0.258 e. The molecule has 0 radical (unpaired) electrons. The highest BCUT2D eigenvalue weighted by Gasteiger charge is 2.13. The van der Waals surface area contributed by atoms with Crippen molar-refractivity contribution in [2.24, 2.45) is 0 Å². The lowest BCUT2D eigenvalue weighted by Gasteiger charge is -2.03. The highest BCUT2D eigenvalue weighted by molar-refractivity contribution is 6.28. The number of hydrogen-bond donors (Lipinski definition) is 0. The van der Waals surface area contributed by atoms with Gasteiger partial charge in [-0.1, -0.05) is 17.3 Å². The van der Waals surface area contributed by atoms with Gasteiger partial charge in [0.15, 0.2) is 0 Å². The molecule has 0 amide bonds. The second-order valence-corrected chi connectivity index (χ2v) is 4.37. The highest BCUT2D eigenvalue weighted by atomic mass is 35.5. The van der Waals surface area contributed by atoms with Crippen LogP contribution < -0.4 is 0 Å². The molecule has 0 aliphatic carbocycles. The molecular formula is C11H6ClN9. The largest absolute Gasteiger partial charge is 0.258 e. The minimum absolute atomic E-state index is 0.0325. The number of para-hydroxylation sites is 1. The summed E-state index contributed by atoms with van der Waals surface area (Å²) in [6, 6.07) is 7.47. The van der Waals surface area contributed by atoms with Gasteiger partial charge in [-0.25, -0.2) is 4.98 Å². The normalized spacial score (nSPS) is 11.1. The van der Waals surface area contributed by atoms with Crippen molar-refractivity contribution >= 4 is 22.6 Å². The van der Waals surface area contributed by atoms with Crippen molar-refractivity contribution in [3.05, 3.63) is 42.2 Å².